The van der Waals surface area contributed by atoms with Crippen LogP contribution in [-0.4, -0.2) is 25.4 Å². The van der Waals surface area contributed by atoms with Gasteiger partial charge in [-0.15, -0.1) is 0 Å². The minimum Gasteiger partial charge on any atom is -0.328 e. The van der Waals surface area contributed by atoms with E-state index in [4.69, 9.17) is 0 Å². The molecule has 2 aromatic heterocycles. The topological polar surface area (TPSA) is 47.7 Å². The Morgan fingerprint density at radius 2 is 2.16 bits per heavy atom. The molecule has 0 aromatic carbocycles. The standard InChI is InChI=1S/C13H20BrN5/c1-9(2)16-7-12-15-5-6-19(12)8-11-13(14)10(3)17-18(11)4/h5-6,9,16H,7-8H2,1-4H3. The van der Waals surface area contributed by atoms with Gasteiger partial charge in [-0.1, -0.05) is 13.8 Å². The first kappa shape index (κ1) is 14.3. The highest BCUT2D eigenvalue weighted by molar-refractivity contribution is 9.10. The molecule has 104 valence electrons. The van der Waals surface area contributed by atoms with Gasteiger partial charge in [0.05, 0.1) is 29.0 Å². The van der Waals surface area contributed by atoms with Crippen molar-refractivity contribution in [1.82, 2.24) is 24.6 Å². The predicted octanol–water partition coefficient (Wildman–Crippen LogP) is 2.23. The molecule has 6 heteroatoms. The fraction of sp³-hybridized carbons (Fsp3) is 0.538. The molecule has 0 amide bonds. The van der Waals surface area contributed by atoms with Crippen molar-refractivity contribution in [1.29, 1.82) is 0 Å². The van der Waals surface area contributed by atoms with Crippen LogP contribution in [0.25, 0.3) is 0 Å². The van der Waals surface area contributed by atoms with Gasteiger partial charge >= 0.3 is 0 Å². The molecule has 0 saturated heterocycles. The van der Waals surface area contributed by atoms with Gasteiger partial charge in [0.25, 0.3) is 0 Å². The Morgan fingerprint density at radius 3 is 2.74 bits per heavy atom. The van der Waals surface area contributed by atoms with Crippen LogP contribution in [0.1, 0.15) is 31.1 Å². The molecular formula is C13H20BrN5. The predicted molar refractivity (Wildman–Crippen MR) is 78.9 cm³/mol. The second-order valence-electron chi connectivity index (χ2n) is 4.98. The van der Waals surface area contributed by atoms with Crippen LogP contribution in [0.4, 0.5) is 0 Å². The maximum absolute atomic E-state index is 4.42. The number of nitrogens with zero attached hydrogens (tertiary/aromatic N) is 4. The first-order valence-corrected chi connectivity index (χ1v) is 7.19. The molecule has 0 radical (unpaired) electrons. The van der Waals surface area contributed by atoms with Crippen LogP contribution in [0.15, 0.2) is 16.9 Å². The van der Waals surface area contributed by atoms with Gasteiger partial charge in [0.15, 0.2) is 0 Å². The van der Waals surface area contributed by atoms with Crippen molar-refractivity contribution in [3.05, 3.63) is 34.1 Å². The van der Waals surface area contributed by atoms with E-state index in [1.165, 1.54) is 0 Å². The zero-order valence-corrected chi connectivity index (χ0v) is 13.4. The Morgan fingerprint density at radius 1 is 1.42 bits per heavy atom. The first-order chi connectivity index (χ1) is 8.99. The summed E-state index contributed by atoms with van der Waals surface area (Å²) in [6, 6.07) is 0.454. The van der Waals surface area contributed by atoms with Crippen molar-refractivity contribution in [3.8, 4) is 0 Å². The van der Waals surface area contributed by atoms with Crippen LogP contribution in [0.2, 0.25) is 0 Å². The summed E-state index contributed by atoms with van der Waals surface area (Å²) in [6.07, 6.45) is 3.85. The normalized spacial score (nSPS) is 11.5. The van der Waals surface area contributed by atoms with E-state index in [0.29, 0.717) is 6.04 Å². The molecule has 0 aliphatic rings. The highest BCUT2D eigenvalue weighted by atomic mass is 79.9. The number of imidazole rings is 1. The first-order valence-electron chi connectivity index (χ1n) is 6.40. The maximum atomic E-state index is 4.42. The van der Waals surface area contributed by atoms with Gasteiger partial charge < -0.3 is 9.88 Å². The van der Waals surface area contributed by atoms with E-state index in [9.17, 15) is 0 Å². The Balaban J connectivity index is 2.17. The van der Waals surface area contributed by atoms with Crippen LogP contribution < -0.4 is 5.32 Å². The average molecular weight is 326 g/mol. The van der Waals surface area contributed by atoms with Crippen LogP contribution in [-0.2, 0) is 20.1 Å². The number of hydrogen-bond acceptors (Lipinski definition) is 3. The van der Waals surface area contributed by atoms with Crippen LogP contribution in [0.3, 0.4) is 0 Å². The molecule has 0 aliphatic carbocycles. The van der Waals surface area contributed by atoms with Gasteiger partial charge in [-0.2, -0.15) is 5.10 Å². The number of aryl methyl sites for hydroxylation is 2. The second-order valence-corrected chi connectivity index (χ2v) is 5.77. The molecule has 1 N–H and O–H groups in total. The van der Waals surface area contributed by atoms with Crippen molar-refractivity contribution in [2.45, 2.75) is 39.9 Å². The Labute approximate surface area is 122 Å². The third-order valence-corrected chi connectivity index (χ3v) is 4.08. The molecule has 0 unspecified atom stereocenters. The molecule has 2 heterocycles. The maximum Gasteiger partial charge on any atom is 0.123 e. The van der Waals surface area contributed by atoms with Crippen molar-refractivity contribution in [3.63, 3.8) is 0 Å². The van der Waals surface area contributed by atoms with E-state index in [1.54, 1.807) is 0 Å². The quantitative estimate of drug-likeness (QED) is 0.917. The molecule has 2 rings (SSSR count). The number of rotatable bonds is 5. The summed E-state index contributed by atoms with van der Waals surface area (Å²) in [5.74, 6) is 1.04. The fourth-order valence-electron chi connectivity index (χ4n) is 1.96. The molecule has 0 atom stereocenters. The van der Waals surface area contributed by atoms with Gasteiger partial charge in [-0.25, -0.2) is 4.98 Å². The van der Waals surface area contributed by atoms with E-state index in [2.05, 4.69) is 49.7 Å². The van der Waals surface area contributed by atoms with Gasteiger partial charge in [0, 0.05) is 25.5 Å². The molecule has 0 saturated carbocycles. The number of hydrogen-bond donors (Lipinski definition) is 1. The fourth-order valence-corrected chi connectivity index (χ4v) is 2.42. The third-order valence-electron chi connectivity index (χ3n) is 3.05. The summed E-state index contributed by atoms with van der Waals surface area (Å²) in [6.45, 7) is 7.82. The zero-order chi connectivity index (χ0) is 14.0. The smallest absolute Gasteiger partial charge is 0.123 e. The summed E-state index contributed by atoms with van der Waals surface area (Å²) in [5, 5.41) is 7.81. The molecule has 5 nitrogen and oxygen atoms in total. The molecule has 0 aliphatic heterocycles. The largest absolute Gasteiger partial charge is 0.328 e. The second kappa shape index (κ2) is 5.88. The number of nitrogens with one attached hydrogen (secondary N) is 1. The summed E-state index contributed by atoms with van der Waals surface area (Å²) in [7, 11) is 1.97. The minimum atomic E-state index is 0.454. The SMILES string of the molecule is Cc1nn(C)c(Cn2ccnc2CNC(C)C)c1Br. The lowest BCUT2D eigenvalue weighted by Crippen LogP contribution is -2.24. The summed E-state index contributed by atoms with van der Waals surface area (Å²) < 4.78 is 5.14. The Bertz CT molecular complexity index is 555. The summed E-state index contributed by atoms with van der Waals surface area (Å²) in [5.41, 5.74) is 2.17. The lowest BCUT2D eigenvalue weighted by atomic mass is 10.3. The van der Waals surface area contributed by atoms with E-state index in [-0.39, 0.29) is 0 Å². The molecule has 19 heavy (non-hydrogen) atoms. The van der Waals surface area contributed by atoms with E-state index >= 15 is 0 Å². The van der Waals surface area contributed by atoms with Crippen molar-refractivity contribution < 1.29 is 0 Å². The van der Waals surface area contributed by atoms with E-state index in [0.717, 1.165) is 34.8 Å². The lowest BCUT2D eigenvalue weighted by molar-refractivity contribution is 0.548. The van der Waals surface area contributed by atoms with Gasteiger partial charge in [-0.05, 0) is 22.9 Å². The van der Waals surface area contributed by atoms with Crippen molar-refractivity contribution >= 4 is 15.9 Å². The van der Waals surface area contributed by atoms with Crippen LogP contribution in [0, 0.1) is 6.92 Å². The van der Waals surface area contributed by atoms with Crippen molar-refractivity contribution in [2.24, 2.45) is 7.05 Å². The monoisotopic (exact) mass is 325 g/mol. The lowest BCUT2D eigenvalue weighted by Gasteiger charge is -2.11. The summed E-state index contributed by atoms with van der Waals surface area (Å²) >= 11 is 3.60. The van der Waals surface area contributed by atoms with Gasteiger partial charge in [0.2, 0.25) is 0 Å². The van der Waals surface area contributed by atoms with E-state index in [1.807, 2.05) is 31.0 Å². The van der Waals surface area contributed by atoms with Crippen LogP contribution >= 0.6 is 15.9 Å². The van der Waals surface area contributed by atoms with Crippen LogP contribution in [0.5, 0.6) is 0 Å². The summed E-state index contributed by atoms with van der Waals surface area (Å²) in [4.78, 5) is 4.41. The zero-order valence-electron chi connectivity index (χ0n) is 11.8. The van der Waals surface area contributed by atoms with Gasteiger partial charge in [0.1, 0.15) is 5.82 Å². The third kappa shape index (κ3) is 3.25. The minimum absolute atomic E-state index is 0.454. The number of halogens is 1. The molecule has 0 spiro atoms. The highest BCUT2D eigenvalue weighted by Gasteiger charge is 2.12. The highest BCUT2D eigenvalue weighted by Crippen LogP contribution is 2.21. The van der Waals surface area contributed by atoms with Crippen molar-refractivity contribution in [2.75, 3.05) is 0 Å². The molecular weight excluding hydrogens is 306 g/mol. The van der Waals surface area contributed by atoms with Gasteiger partial charge in [-0.3, -0.25) is 4.68 Å². The van der Waals surface area contributed by atoms with E-state index < -0.39 is 0 Å². The molecule has 2 aromatic rings. The molecule has 0 fully saturated rings. The average Bonchev–Trinajstić information content (AvgIpc) is 2.87. The Kier molecular flexibility index (Phi) is 4.42. The number of aromatic nitrogens is 4. The molecule has 0 bridgehead atoms. The Hall–Kier alpha value is -1.14.